The number of hydrogen-bond donors (Lipinski definition) is 1. The smallest absolute Gasteiger partial charge is 0.228 e. The van der Waals surface area contributed by atoms with E-state index >= 15 is 0 Å². The van der Waals surface area contributed by atoms with Crippen molar-refractivity contribution in [2.75, 3.05) is 19.5 Å². The zero-order valence-electron chi connectivity index (χ0n) is 14.1. The summed E-state index contributed by atoms with van der Waals surface area (Å²) in [6, 6.07) is 13.3. The Bertz CT molecular complexity index is 680. The Morgan fingerprint density at radius 2 is 1.83 bits per heavy atom. The average molecular weight is 313 g/mol. The number of nitrogens with one attached hydrogen (secondary N) is 1. The normalized spacial score (nSPS) is 10.5. The van der Waals surface area contributed by atoms with Crippen LogP contribution in [-0.2, 0) is 11.2 Å². The molecule has 0 bridgehead atoms. The summed E-state index contributed by atoms with van der Waals surface area (Å²) in [4.78, 5) is 12.4. The summed E-state index contributed by atoms with van der Waals surface area (Å²) in [6.45, 7) is 4.22. The van der Waals surface area contributed by atoms with E-state index in [2.05, 4.69) is 19.2 Å². The van der Waals surface area contributed by atoms with Crippen LogP contribution in [0.3, 0.4) is 0 Å². The number of hydrogen-bond acceptors (Lipinski definition) is 3. The van der Waals surface area contributed by atoms with E-state index in [1.54, 1.807) is 20.3 Å². The van der Waals surface area contributed by atoms with Gasteiger partial charge in [0.2, 0.25) is 5.91 Å². The molecule has 0 unspecified atom stereocenters. The van der Waals surface area contributed by atoms with Crippen molar-refractivity contribution in [3.05, 3.63) is 53.6 Å². The van der Waals surface area contributed by atoms with Gasteiger partial charge in [-0.1, -0.05) is 38.1 Å². The molecule has 0 aromatic heterocycles. The Balaban J connectivity index is 2.14. The number of amides is 1. The highest BCUT2D eigenvalue weighted by molar-refractivity contribution is 5.93. The van der Waals surface area contributed by atoms with Crippen LogP contribution in [0.1, 0.15) is 30.9 Å². The predicted octanol–water partition coefficient (Wildman–Crippen LogP) is 4.01. The third-order valence-corrected chi connectivity index (χ3v) is 3.70. The average Bonchev–Trinajstić information content (AvgIpc) is 2.55. The van der Waals surface area contributed by atoms with Crippen LogP contribution in [0.2, 0.25) is 0 Å². The van der Waals surface area contributed by atoms with Gasteiger partial charge in [0.1, 0.15) is 11.5 Å². The Kier molecular flexibility index (Phi) is 5.63. The van der Waals surface area contributed by atoms with Crippen molar-refractivity contribution < 1.29 is 14.3 Å². The molecule has 2 rings (SSSR count). The first-order valence-corrected chi connectivity index (χ1v) is 7.64. The van der Waals surface area contributed by atoms with Gasteiger partial charge in [-0.2, -0.15) is 0 Å². The van der Waals surface area contributed by atoms with Gasteiger partial charge >= 0.3 is 0 Å². The standard InChI is InChI=1S/C19H23NO3/c1-13(2)16-7-5-6-8-17(16)20-19(21)11-14-9-10-15(22-3)12-18(14)23-4/h5-10,12-13H,11H2,1-4H3,(H,20,21). The van der Waals surface area contributed by atoms with Crippen LogP contribution in [0, 0.1) is 0 Å². The number of carbonyl (C=O) groups excluding carboxylic acids is 1. The summed E-state index contributed by atoms with van der Waals surface area (Å²) in [6.07, 6.45) is 0.250. The second-order valence-electron chi connectivity index (χ2n) is 5.64. The highest BCUT2D eigenvalue weighted by Gasteiger charge is 2.12. The topological polar surface area (TPSA) is 47.6 Å². The summed E-state index contributed by atoms with van der Waals surface area (Å²) in [7, 11) is 3.19. The van der Waals surface area contributed by atoms with Crippen LogP contribution in [0.5, 0.6) is 11.5 Å². The molecule has 0 heterocycles. The van der Waals surface area contributed by atoms with Gasteiger partial charge in [0.15, 0.2) is 0 Å². The van der Waals surface area contributed by atoms with E-state index < -0.39 is 0 Å². The first-order chi connectivity index (χ1) is 11.0. The van der Waals surface area contributed by atoms with Crippen LogP contribution in [-0.4, -0.2) is 20.1 Å². The Labute approximate surface area is 137 Å². The van der Waals surface area contributed by atoms with E-state index in [4.69, 9.17) is 9.47 Å². The lowest BCUT2D eigenvalue weighted by Crippen LogP contribution is -2.16. The predicted molar refractivity (Wildman–Crippen MR) is 92.4 cm³/mol. The maximum absolute atomic E-state index is 12.4. The molecule has 0 spiro atoms. The molecule has 0 atom stereocenters. The lowest BCUT2D eigenvalue weighted by Gasteiger charge is -2.14. The molecule has 0 saturated heterocycles. The van der Waals surface area contributed by atoms with Crippen LogP contribution in [0.25, 0.3) is 0 Å². The SMILES string of the molecule is COc1ccc(CC(=O)Nc2ccccc2C(C)C)c(OC)c1. The Morgan fingerprint density at radius 1 is 1.09 bits per heavy atom. The molecule has 0 aliphatic carbocycles. The molecule has 4 heteroatoms. The van der Waals surface area contributed by atoms with Crippen molar-refractivity contribution >= 4 is 11.6 Å². The minimum absolute atomic E-state index is 0.0680. The third-order valence-electron chi connectivity index (χ3n) is 3.70. The van der Waals surface area contributed by atoms with Crippen LogP contribution in [0.15, 0.2) is 42.5 Å². The molecular formula is C19H23NO3. The van der Waals surface area contributed by atoms with Crippen molar-refractivity contribution in [2.45, 2.75) is 26.2 Å². The summed E-state index contributed by atoms with van der Waals surface area (Å²) in [5.74, 6) is 1.64. The minimum atomic E-state index is -0.0680. The van der Waals surface area contributed by atoms with Gasteiger partial charge in [-0.15, -0.1) is 0 Å². The Morgan fingerprint density at radius 3 is 2.48 bits per heavy atom. The van der Waals surface area contributed by atoms with E-state index in [9.17, 15) is 4.79 Å². The van der Waals surface area contributed by atoms with E-state index in [1.165, 1.54) is 0 Å². The maximum atomic E-state index is 12.4. The van der Waals surface area contributed by atoms with E-state index in [1.807, 2.05) is 36.4 Å². The first kappa shape index (κ1) is 16.9. The van der Waals surface area contributed by atoms with Gasteiger partial charge in [0, 0.05) is 17.3 Å². The van der Waals surface area contributed by atoms with Crippen molar-refractivity contribution in [1.29, 1.82) is 0 Å². The van der Waals surface area contributed by atoms with Crippen molar-refractivity contribution in [2.24, 2.45) is 0 Å². The van der Waals surface area contributed by atoms with E-state index in [-0.39, 0.29) is 12.3 Å². The number of carbonyl (C=O) groups is 1. The zero-order valence-corrected chi connectivity index (χ0v) is 14.1. The van der Waals surface area contributed by atoms with Gasteiger partial charge in [-0.25, -0.2) is 0 Å². The molecule has 0 fully saturated rings. The van der Waals surface area contributed by atoms with Gasteiger partial charge < -0.3 is 14.8 Å². The fourth-order valence-electron chi connectivity index (χ4n) is 2.48. The summed E-state index contributed by atoms with van der Waals surface area (Å²) in [5.41, 5.74) is 2.82. The first-order valence-electron chi connectivity index (χ1n) is 7.64. The number of rotatable bonds is 6. The van der Waals surface area contributed by atoms with Gasteiger partial charge in [0.05, 0.1) is 20.6 Å². The summed E-state index contributed by atoms with van der Waals surface area (Å²) < 4.78 is 10.5. The minimum Gasteiger partial charge on any atom is -0.497 e. The second-order valence-corrected chi connectivity index (χ2v) is 5.64. The number of ether oxygens (including phenoxy) is 2. The lowest BCUT2D eigenvalue weighted by atomic mass is 10.0. The van der Waals surface area contributed by atoms with Crippen LogP contribution < -0.4 is 14.8 Å². The van der Waals surface area contributed by atoms with Crippen LogP contribution in [0.4, 0.5) is 5.69 Å². The van der Waals surface area contributed by atoms with Crippen molar-refractivity contribution in [3.63, 3.8) is 0 Å². The van der Waals surface area contributed by atoms with E-state index in [0.29, 0.717) is 17.4 Å². The molecule has 122 valence electrons. The maximum Gasteiger partial charge on any atom is 0.228 e. The van der Waals surface area contributed by atoms with Gasteiger partial charge in [0.25, 0.3) is 0 Å². The zero-order chi connectivity index (χ0) is 16.8. The second kappa shape index (κ2) is 7.68. The number of para-hydroxylation sites is 1. The molecule has 4 nitrogen and oxygen atoms in total. The van der Waals surface area contributed by atoms with Crippen LogP contribution >= 0.6 is 0 Å². The molecule has 2 aromatic carbocycles. The summed E-state index contributed by atoms with van der Waals surface area (Å²) >= 11 is 0. The summed E-state index contributed by atoms with van der Waals surface area (Å²) in [5, 5.41) is 2.99. The Hall–Kier alpha value is -2.49. The number of anilines is 1. The molecule has 1 amide bonds. The van der Waals surface area contributed by atoms with Crippen molar-refractivity contribution in [3.8, 4) is 11.5 Å². The largest absolute Gasteiger partial charge is 0.497 e. The quantitative estimate of drug-likeness (QED) is 0.876. The monoisotopic (exact) mass is 313 g/mol. The number of benzene rings is 2. The highest BCUT2D eigenvalue weighted by atomic mass is 16.5. The molecule has 0 aliphatic rings. The lowest BCUT2D eigenvalue weighted by molar-refractivity contribution is -0.115. The van der Waals surface area contributed by atoms with E-state index in [0.717, 1.165) is 16.8 Å². The highest BCUT2D eigenvalue weighted by Crippen LogP contribution is 2.26. The van der Waals surface area contributed by atoms with Gasteiger partial charge in [-0.05, 0) is 23.6 Å². The molecular weight excluding hydrogens is 290 g/mol. The molecule has 2 aromatic rings. The molecule has 0 aliphatic heterocycles. The molecule has 0 saturated carbocycles. The van der Waals surface area contributed by atoms with Gasteiger partial charge in [-0.3, -0.25) is 4.79 Å². The fourth-order valence-corrected chi connectivity index (χ4v) is 2.48. The molecule has 23 heavy (non-hydrogen) atoms. The number of methoxy groups -OCH3 is 2. The fraction of sp³-hybridized carbons (Fsp3) is 0.316. The molecule has 0 radical (unpaired) electrons. The third kappa shape index (κ3) is 4.25. The molecule has 1 N–H and O–H groups in total. The van der Waals surface area contributed by atoms with Crippen molar-refractivity contribution in [1.82, 2.24) is 0 Å².